The zero-order valence-electron chi connectivity index (χ0n) is 27.4. The van der Waals surface area contributed by atoms with Crippen molar-refractivity contribution in [2.75, 3.05) is 0 Å². The second-order valence-corrected chi connectivity index (χ2v) is 13.5. The number of fused-ring (bicyclic) bond motifs is 3. The highest BCUT2D eigenvalue weighted by Gasteiger charge is 2.52. The first-order valence-electron chi connectivity index (χ1n) is 16.6. The Kier molecular flexibility index (Phi) is 7.77. The van der Waals surface area contributed by atoms with Crippen molar-refractivity contribution < 1.29 is 50.7 Å². The second kappa shape index (κ2) is 12.4. The summed E-state index contributed by atoms with van der Waals surface area (Å²) in [6.45, 7) is 0. The molecule has 10 heteroatoms. The van der Waals surface area contributed by atoms with Gasteiger partial charge in [0.05, 0.1) is 12.0 Å². The number of phenols is 8. The van der Waals surface area contributed by atoms with Crippen LogP contribution in [0, 0.1) is 0 Å². The molecular formula is C42H34O10. The number of rotatable bonds is 6. The summed E-state index contributed by atoms with van der Waals surface area (Å²) in [7, 11) is 0. The van der Waals surface area contributed by atoms with Crippen LogP contribution in [-0.2, 0) is 0 Å². The van der Waals surface area contributed by atoms with E-state index in [4.69, 9.17) is 4.74 Å². The molecule has 6 atom stereocenters. The smallest absolute Gasteiger partial charge is 0.135 e. The average molecular weight is 699 g/mol. The van der Waals surface area contributed by atoms with Gasteiger partial charge in [0.25, 0.3) is 0 Å². The van der Waals surface area contributed by atoms with Crippen LogP contribution in [0.1, 0.15) is 80.4 Å². The van der Waals surface area contributed by atoms with Gasteiger partial charge in [-0.1, -0.05) is 36.4 Å². The average Bonchev–Trinajstić information content (AvgIpc) is 3.65. The summed E-state index contributed by atoms with van der Waals surface area (Å²) in [5.74, 6) is -3.76. The number of aromatic hydroxyl groups is 8. The van der Waals surface area contributed by atoms with Gasteiger partial charge in [0.1, 0.15) is 57.8 Å². The molecule has 9 N–H and O–H groups in total. The van der Waals surface area contributed by atoms with Crippen LogP contribution in [0.25, 0.3) is 0 Å². The summed E-state index contributed by atoms with van der Waals surface area (Å²) in [6, 6.07) is 28.9. The maximum atomic E-state index is 12.5. The molecule has 6 unspecified atom stereocenters. The summed E-state index contributed by atoms with van der Waals surface area (Å²) in [5, 5.41) is 98.0. The van der Waals surface area contributed by atoms with Crippen molar-refractivity contribution in [3.8, 4) is 51.7 Å². The zero-order chi connectivity index (χ0) is 36.4. The topological polar surface area (TPSA) is 191 Å². The molecule has 1 heterocycles. The summed E-state index contributed by atoms with van der Waals surface area (Å²) >= 11 is 0. The van der Waals surface area contributed by atoms with E-state index in [0.717, 1.165) is 0 Å². The lowest BCUT2D eigenvalue weighted by atomic mass is 9.73. The molecule has 0 amide bonds. The fraction of sp³-hybridized carbons (Fsp3) is 0.143. The Labute approximate surface area is 297 Å². The first-order valence-corrected chi connectivity index (χ1v) is 16.6. The zero-order valence-corrected chi connectivity index (χ0v) is 27.4. The lowest BCUT2D eigenvalue weighted by Crippen LogP contribution is -2.19. The SMILES string of the molecule is Oc1ccc(C(O)C2c3c4c(cc(O)c3C(c3ccc(O)cc3)C2c2cc(O)cc(O)c2)OC(c2ccc(O)cc2)C4c2cc(O)cc(O)c2)cc1. The van der Waals surface area contributed by atoms with Crippen LogP contribution in [0.15, 0.2) is 115 Å². The number of hydrogen-bond acceptors (Lipinski definition) is 10. The molecule has 2 aliphatic rings. The van der Waals surface area contributed by atoms with Crippen LogP contribution in [0.2, 0.25) is 0 Å². The van der Waals surface area contributed by atoms with Crippen molar-refractivity contribution in [3.05, 3.63) is 160 Å². The molecule has 52 heavy (non-hydrogen) atoms. The fourth-order valence-corrected chi connectivity index (χ4v) is 8.28. The van der Waals surface area contributed by atoms with Crippen molar-refractivity contribution in [2.24, 2.45) is 0 Å². The Morgan fingerprint density at radius 3 is 1.44 bits per heavy atom. The number of phenolic OH excluding ortho intramolecular Hbond substituents is 8. The van der Waals surface area contributed by atoms with Crippen molar-refractivity contribution in [2.45, 2.75) is 35.9 Å². The lowest BCUT2D eigenvalue weighted by molar-refractivity contribution is 0.134. The van der Waals surface area contributed by atoms with E-state index in [1.54, 1.807) is 36.4 Å². The minimum atomic E-state index is -1.30. The minimum Gasteiger partial charge on any atom is -0.508 e. The normalized spacial score (nSPS) is 20.9. The van der Waals surface area contributed by atoms with E-state index in [2.05, 4.69) is 0 Å². The van der Waals surface area contributed by atoms with Crippen molar-refractivity contribution in [1.29, 1.82) is 0 Å². The first-order chi connectivity index (χ1) is 25.0. The Balaban J connectivity index is 1.47. The van der Waals surface area contributed by atoms with Gasteiger partial charge < -0.3 is 50.7 Å². The molecule has 6 aromatic carbocycles. The van der Waals surface area contributed by atoms with Gasteiger partial charge >= 0.3 is 0 Å². The van der Waals surface area contributed by atoms with Crippen molar-refractivity contribution >= 4 is 0 Å². The molecule has 0 radical (unpaired) electrons. The van der Waals surface area contributed by atoms with Gasteiger partial charge in [-0.25, -0.2) is 0 Å². The van der Waals surface area contributed by atoms with E-state index >= 15 is 0 Å². The van der Waals surface area contributed by atoms with Gasteiger partial charge in [-0.2, -0.15) is 0 Å². The highest BCUT2D eigenvalue weighted by Crippen LogP contribution is 2.66. The van der Waals surface area contributed by atoms with Crippen LogP contribution in [0.3, 0.4) is 0 Å². The molecule has 0 fully saturated rings. The third-order valence-corrected chi connectivity index (χ3v) is 10.3. The van der Waals surface area contributed by atoms with Gasteiger partial charge in [-0.3, -0.25) is 0 Å². The first kappa shape index (κ1) is 32.7. The summed E-state index contributed by atoms with van der Waals surface area (Å²) < 4.78 is 6.64. The van der Waals surface area contributed by atoms with Crippen LogP contribution in [-0.4, -0.2) is 46.0 Å². The largest absolute Gasteiger partial charge is 0.508 e. The molecule has 0 saturated carbocycles. The van der Waals surface area contributed by atoms with Gasteiger partial charge in [-0.05, 0) is 94.0 Å². The third-order valence-electron chi connectivity index (χ3n) is 10.3. The maximum absolute atomic E-state index is 12.5. The molecule has 0 saturated heterocycles. The molecule has 0 bridgehead atoms. The summed E-state index contributed by atoms with van der Waals surface area (Å²) in [5.41, 5.74) is 4.17. The Morgan fingerprint density at radius 2 is 0.904 bits per heavy atom. The van der Waals surface area contributed by atoms with Gasteiger partial charge in [0, 0.05) is 47.1 Å². The number of aliphatic hydroxyl groups excluding tert-OH is 1. The molecule has 262 valence electrons. The van der Waals surface area contributed by atoms with Crippen molar-refractivity contribution in [1.82, 2.24) is 0 Å². The van der Waals surface area contributed by atoms with Crippen LogP contribution in [0.5, 0.6) is 51.7 Å². The Hall–Kier alpha value is -6.52. The predicted octanol–water partition coefficient (Wildman–Crippen LogP) is 7.34. The highest BCUT2D eigenvalue weighted by atomic mass is 16.5. The maximum Gasteiger partial charge on any atom is 0.135 e. The molecule has 0 spiro atoms. The summed E-state index contributed by atoms with van der Waals surface area (Å²) in [6.07, 6.45) is -2.09. The summed E-state index contributed by atoms with van der Waals surface area (Å²) in [4.78, 5) is 0. The van der Waals surface area contributed by atoms with Crippen molar-refractivity contribution in [3.63, 3.8) is 0 Å². The molecule has 10 nitrogen and oxygen atoms in total. The number of benzene rings is 6. The number of ether oxygens (including phenoxy) is 1. The Morgan fingerprint density at radius 1 is 0.423 bits per heavy atom. The number of hydrogen-bond donors (Lipinski definition) is 9. The van der Waals surface area contributed by atoms with Crippen LogP contribution >= 0.6 is 0 Å². The van der Waals surface area contributed by atoms with E-state index in [9.17, 15) is 46.0 Å². The van der Waals surface area contributed by atoms with Gasteiger partial charge in [0.2, 0.25) is 0 Å². The molecule has 0 aromatic heterocycles. The molecule has 1 aliphatic carbocycles. The minimum absolute atomic E-state index is 0.00775. The van der Waals surface area contributed by atoms with E-state index in [0.29, 0.717) is 44.5 Å². The lowest BCUT2D eigenvalue weighted by Gasteiger charge is -2.31. The molecule has 1 aliphatic heterocycles. The van der Waals surface area contributed by atoms with Crippen LogP contribution < -0.4 is 4.74 Å². The van der Waals surface area contributed by atoms with E-state index < -0.39 is 35.9 Å². The third kappa shape index (κ3) is 5.50. The fourth-order valence-electron chi connectivity index (χ4n) is 8.28. The molecular weight excluding hydrogens is 664 g/mol. The quantitative estimate of drug-likeness (QED) is 0.0850. The highest BCUT2D eigenvalue weighted by molar-refractivity contribution is 5.68. The van der Waals surface area contributed by atoms with Gasteiger partial charge in [-0.15, -0.1) is 0 Å². The molecule has 8 rings (SSSR count). The van der Waals surface area contributed by atoms with E-state index in [1.807, 2.05) is 0 Å². The molecule has 6 aromatic rings. The van der Waals surface area contributed by atoms with Gasteiger partial charge in [0.15, 0.2) is 0 Å². The second-order valence-electron chi connectivity index (χ2n) is 13.5. The van der Waals surface area contributed by atoms with Crippen LogP contribution in [0.4, 0.5) is 0 Å². The van der Waals surface area contributed by atoms with E-state index in [1.165, 1.54) is 78.9 Å². The van der Waals surface area contributed by atoms with E-state index in [-0.39, 0.29) is 51.7 Å². The Bertz CT molecular complexity index is 2260. The predicted molar refractivity (Wildman–Crippen MR) is 189 cm³/mol. The number of aliphatic hydroxyl groups is 1. The standard InChI is InChI=1S/C42H34O10/c43-25-7-1-20(2-8-25)34-35(23-13-28(46)17-29(47)14-23)40(41(51)21-3-9-26(44)10-4-21)39-37(34)32(50)19-33-38(39)36(24-15-30(48)18-31(49)16-24)42(52-33)22-5-11-27(45)12-6-22/h1-19,34-36,40-51H. The monoisotopic (exact) mass is 698 g/mol.